The molecular weight excluding hydrogens is 276 g/mol. The molecule has 0 amide bonds. The van der Waals surface area contributed by atoms with Crippen molar-refractivity contribution in [1.29, 1.82) is 0 Å². The van der Waals surface area contributed by atoms with Crippen LogP contribution in [0.2, 0.25) is 0 Å². The van der Waals surface area contributed by atoms with E-state index in [0.29, 0.717) is 11.5 Å². The molecule has 0 saturated carbocycles. The number of likely N-dealkylation sites (tertiary alicyclic amines) is 1. The highest BCUT2D eigenvalue weighted by atomic mass is 16.5. The van der Waals surface area contributed by atoms with Crippen LogP contribution < -0.4 is 5.32 Å². The first-order valence-corrected chi connectivity index (χ1v) is 8.80. The van der Waals surface area contributed by atoms with Gasteiger partial charge in [0.25, 0.3) is 0 Å². The molecule has 1 N–H and O–H groups in total. The maximum atomic E-state index is 5.61. The zero-order valence-corrected chi connectivity index (χ0v) is 14.9. The fourth-order valence-electron chi connectivity index (χ4n) is 3.36. The van der Waals surface area contributed by atoms with Crippen molar-refractivity contribution in [3.8, 4) is 0 Å². The number of hydrogen-bond donors (Lipinski definition) is 1. The van der Waals surface area contributed by atoms with Crippen molar-refractivity contribution in [2.24, 2.45) is 10.4 Å². The van der Waals surface area contributed by atoms with Crippen molar-refractivity contribution in [2.75, 3.05) is 53.5 Å². The minimum atomic E-state index is 0.400. The summed E-state index contributed by atoms with van der Waals surface area (Å²) in [7, 11) is 4.09. The van der Waals surface area contributed by atoms with Crippen LogP contribution in [0.4, 0.5) is 0 Å². The molecule has 0 bridgehead atoms. The second-order valence-corrected chi connectivity index (χ2v) is 7.23. The highest BCUT2D eigenvalue weighted by Crippen LogP contribution is 2.38. The lowest BCUT2D eigenvalue weighted by molar-refractivity contribution is 0.156. The first-order valence-electron chi connectivity index (χ1n) is 8.80. The third-order valence-electron chi connectivity index (χ3n) is 5.24. The fraction of sp³-hybridized carbons (Fsp3) is 0.941. The van der Waals surface area contributed by atoms with Gasteiger partial charge in [-0.2, -0.15) is 0 Å². The van der Waals surface area contributed by atoms with Crippen molar-refractivity contribution in [2.45, 2.75) is 45.6 Å². The molecule has 1 atom stereocenters. The summed E-state index contributed by atoms with van der Waals surface area (Å²) in [6, 6.07) is 0.634. The summed E-state index contributed by atoms with van der Waals surface area (Å²) in [5, 5.41) is 3.54. The third-order valence-corrected chi connectivity index (χ3v) is 5.24. The van der Waals surface area contributed by atoms with Gasteiger partial charge in [-0.1, -0.05) is 0 Å². The first-order chi connectivity index (χ1) is 10.6. The van der Waals surface area contributed by atoms with E-state index in [9.17, 15) is 0 Å². The summed E-state index contributed by atoms with van der Waals surface area (Å²) >= 11 is 0. The number of guanidine groups is 1. The van der Waals surface area contributed by atoms with Crippen molar-refractivity contribution in [3.63, 3.8) is 0 Å². The van der Waals surface area contributed by atoms with Gasteiger partial charge in [-0.05, 0) is 53.1 Å². The van der Waals surface area contributed by atoms with Crippen LogP contribution in [0.5, 0.6) is 0 Å². The maximum absolute atomic E-state index is 5.61. The molecule has 2 aliphatic heterocycles. The van der Waals surface area contributed by atoms with Crippen LogP contribution >= 0.6 is 0 Å². The SMILES string of the molecule is CN=C(NCCCCN(C)C(C)C)N1CCC2(CCOC2)C1. The maximum Gasteiger partial charge on any atom is 0.193 e. The predicted molar refractivity (Wildman–Crippen MR) is 92.4 cm³/mol. The monoisotopic (exact) mass is 310 g/mol. The van der Waals surface area contributed by atoms with Crippen molar-refractivity contribution < 1.29 is 4.74 Å². The minimum absolute atomic E-state index is 0.400. The summed E-state index contributed by atoms with van der Waals surface area (Å²) in [6.07, 6.45) is 4.88. The van der Waals surface area contributed by atoms with Gasteiger partial charge in [0.1, 0.15) is 0 Å². The Morgan fingerprint density at radius 1 is 1.36 bits per heavy atom. The van der Waals surface area contributed by atoms with E-state index in [1.165, 1.54) is 32.2 Å². The molecule has 1 unspecified atom stereocenters. The highest BCUT2D eigenvalue weighted by molar-refractivity contribution is 5.80. The molecule has 0 radical (unpaired) electrons. The van der Waals surface area contributed by atoms with E-state index in [1.807, 2.05) is 7.05 Å². The highest BCUT2D eigenvalue weighted by Gasteiger charge is 2.42. The van der Waals surface area contributed by atoms with E-state index in [0.717, 1.165) is 38.8 Å². The Bertz CT molecular complexity index is 364. The summed E-state index contributed by atoms with van der Waals surface area (Å²) < 4.78 is 5.61. The van der Waals surface area contributed by atoms with Crippen molar-refractivity contribution >= 4 is 5.96 Å². The van der Waals surface area contributed by atoms with E-state index in [4.69, 9.17) is 4.74 Å². The molecular formula is C17H34N4O. The van der Waals surface area contributed by atoms with Gasteiger partial charge in [-0.15, -0.1) is 0 Å². The minimum Gasteiger partial charge on any atom is -0.381 e. The number of ether oxygens (including phenoxy) is 1. The number of nitrogens with one attached hydrogen (secondary N) is 1. The van der Waals surface area contributed by atoms with Crippen LogP contribution in [0.15, 0.2) is 4.99 Å². The van der Waals surface area contributed by atoms with Crippen molar-refractivity contribution in [1.82, 2.24) is 15.1 Å². The molecule has 5 nitrogen and oxygen atoms in total. The van der Waals surface area contributed by atoms with Gasteiger partial charge in [0, 0.05) is 44.7 Å². The van der Waals surface area contributed by atoms with Crippen LogP contribution in [-0.2, 0) is 4.74 Å². The van der Waals surface area contributed by atoms with Gasteiger partial charge in [0.15, 0.2) is 5.96 Å². The average molecular weight is 310 g/mol. The van der Waals surface area contributed by atoms with Crippen molar-refractivity contribution in [3.05, 3.63) is 0 Å². The average Bonchev–Trinajstić information content (AvgIpc) is 3.13. The lowest BCUT2D eigenvalue weighted by atomic mass is 9.87. The van der Waals surface area contributed by atoms with Gasteiger partial charge < -0.3 is 19.9 Å². The molecule has 2 heterocycles. The second kappa shape index (κ2) is 8.16. The topological polar surface area (TPSA) is 40.1 Å². The number of nitrogens with zero attached hydrogens (tertiary/aromatic N) is 3. The zero-order chi connectivity index (χ0) is 16.0. The molecule has 5 heteroatoms. The fourth-order valence-corrected chi connectivity index (χ4v) is 3.36. The lowest BCUT2D eigenvalue weighted by Crippen LogP contribution is -2.41. The Balaban J connectivity index is 1.66. The summed E-state index contributed by atoms with van der Waals surface area (Å²) in [6.45, 7) is 10.7. The predicted octanol–water partition coefficient (Wildman–Crippen LogP) is 1.79. The molecule has 2 saturated heterocycles. The van der Waals surface area contributed by atoms with Gasteiger partial charge in [0.05, 0.1) is 6.61 Å². The molecule has 2 aliphatic rings. The normalized spacial score (nSPS) is 25.9. The zero-order valence-electron chi connectivity index (χ0n) is 14.9. The van der Waals surface area contributed by atoms with Gasteiger partial charge in [-0.25, -0.2) is 0 Å². The Labute approximate surface area is 136 Å². The van der Waals surface area contributed by atoms with Crippen LogP contribution in [0.25, 0.3) is 0 Å². The Morgan fingerprint density at radius 3 is 2.82 bits per heavy atom. The molecule has 22 heavy (non-hydrogen) atoms. The Morgan fingerprint density at radius 2 is 2.18 bits per heavy atom. The standard InChI is InChI=1S/C17H34N4O/c1-15(2)20(4)10-6-5-9-19-16(18-3)21-11-7-17(13-21)8-12-22-14-17/h15H,5-14H2,1-4H3,(H,18,19). The number of hydrogen-bond acceptors (Lipinski definition) is 3. The number of rotatable bonds is 6. The molecule has 1 spiro atoms. The summed E-state index contributed by atoms with van der Waals surface area (Å²) in [5.41, 5.74) is 0.400. The Hall–Kier alpha value is -0.810. The molecule has 0 aromatic carbocycles. The first kappa shape index (κ1) is 17.5. The molecule has 0 aliphatic carbocycles. The molecule has 2 rings (SSSR count). The molecule has 128 valence electrons. The van der Waals surface area contributed by atoms with Crippen LogP contribution in [0.3, 0.4) is 0 Å². The third kappa shape index (κ3) is 4.59. The van der Waals surface area contributed by atoms with E-state index in [1.54, 1.807) is 0 Å². The van der Waals surface area contributed by atoms with Gasteiger partial charge in [-0.3, -0.25) is 4.99 Å². The van der Waals surface area contributed by atoms with Crippen LogP contribution in [-0.4, -0.2) is 75.3 Å². The largest absolute Gasteiger partial charge is 0.381 e. The lowest BCUT2D eigenvalue weighted by Gasteiger charge is -2.25. The number of unbranched alkanes of at least 4 members (excludes halogenated alkanes) is 1. The van der Waals surface area contributed by atoms with E-state index >= 15 is 0 Å². The van der Waals surface area contributed by atoms with Gasteiger partial charge in [0.2, 0.25) is 0 Å². The summed E-state index contributed by atoms with van der Waals surface area (Å²) in [5.74, 6) is 1.07. The van der Waals surface area contributed by atoms with Crippen LogP contribution in [0, 0.1) is 5.41 Å². The smallest absolute Gasteiger partial charge is 0.193 e. The quantitative estimate of drug-likeness (QED) is 0.461. The number of aliphatic imine (C=N–C) groups is 1. The van der Waals surface area contributed by atoms with Crippen LogP contribution in [0.1, 0.15) is 39.5 Å². The molecule has 2 fully saturated rings. The van der Waals surface area contributed by atoms with Gasteiger partial charge >= 0.3 is 0 Å². The van der Waals surface area contributed by atoms with E-state index in [-0.39, 0.29) is 0 Å². The van der Waals surface area contributed by atoms with E-state index < -0.39 is 0 Å². The van der Waals surface area contributed by atoms with E-state index in [2.05, 4.69) is 41.0 Å². The second-order valence-electron chi connectivity index (χ2n) is 7.23. The molecule has 0 aromatic heterocycles. The summed E-state index contributed by atoms with van der Waals surface area (Å²) in [4.78, 5) is 9.28. The molecule has 0 aromatic rings. The Kier molecular flexibility index (Phi) is 6.50.